The van der Waals surface area contributed by atoms with Crippen LogP contribution < -0.4 is 10.3 Å². The van der Waals surface area contributed by atoms with Gasteiger partial charge in [-0.2, -0.15) is 0 Å². The molecule has 0 radical (unpaired) electrons. The van der Waals surface area contributed by atoms with E-state index in [1.54, 1.807) is 24.4 Å². The van der Waals surface area contributed by atoms with Gasteiger partial charge in [0.15, 0.2) is 0 Å². The van der Waals surface area contributed by atoms with Crippen LogP contribution in [0, 0.1) is 5.82 Å². The number of pyridine rings is 1. The van der Waals surface area contributed by atoms with Crippen LogP contribution in [-0.2, 0) is 12.2 Å². The maximum absolute atomic E-state index is 13.0. The largest absolute Gasteiger partial charge is 0.489 e. The maximum atomic E-state index is 13.0. The molecular weight excluding hydrogens is 345 g/mol. The van der Waals surface area contributed by atoms with Gasteiger partial charge in [-0.15, -0.1) is 0 Å². The van der Waals surface area contributed by atoms with Crippen LogP contribution in [0.2, 0.25) is 0 Å². The second kappa shape index (κ2) is 7.00. The second-order valence-corrected chi connectivity index (χ2v) is 6.89. The summed E-state index contributed by atoms with van der Waals surface area (Å²) in [7, 11) is 0. The van der Waals surface area contributed by atoms with Crippen molar-refractivity contribution in [2.24, 2.45) is 0 Å². The molecule has 1 aliphatic rings. The number of nitrogens with zero attached hydrogens (tertiary/aromatic N) is 1. The van der Waals surface area contributed by atoms with Gasteiger partial charge in [-0.3, -0.25) is 9.36 Å². The molecule has 1 fully saturated rings. The number of hydrogen-bond acceptors (Lipinski definition) is 3. The van der Waals surface area contributed by atoms with Gasteiger partial charge in [0.1, 0.15) is 18.2 Å². The van der Waals surface area contributed by atoms with Crippen LogP contribution in [-0.4, -0.2) is 9.67 Å². The lowest BCUT2D eigenvalue weighted by Crippen LogP contribution is -2.35. The van der Waals surface area contributed by atoms with E-state index >= 15 is 0 Å². The molecule has 0 spiro atoms. The second-order valence-electron chi connectivity index (χ2n) is 6.89. The third-order valence-corrected chi connectivity index (χ3v) is 5.06. The van der Waals surface area contributed by atoms with Crippen molar-refractivity contribution >= 4 is 0 Å². The van der Waals surface area contributed by atoms with E-state index in [0.29, 0.717) is 24.3 Å². The highest BCUT2D eigenvalue weighted by Gasteiger charge is 2.38. The quantitative estimate of drug-likeness (QED) is 0.745. The highest BCUT2D eigenvalue weighted by molar-refractivity contribution is 5.46. The van der Waals surface area contributed by atoms with Crippen molar-refractivity contribution in [1.82, 2.24) is 4.57 Å². The van der Waals surface area contributed by atoms with E-state index in [-0.39, 0.29) is 18.0 Å². The predicted molar refractivity (Wildman–Crippen MR) is 101 cm³/mol. The Labute approximate surface area is 156 Å². The van der Waals surface area contributed by atoms with Crippen molar-refractivity contribution in [2.45, 2.75) is 31.5 Å². The minimum atomic E-state index is -0.853. The van der Waals surface area contributed by atoms with Crippen molar-refractivity contribution in [3.8, 4) is 11.4 Å². The molecule has 1 saturated carbocycles. The first-order chi connectivity index (χ1) is 13.0. The first-order valence-electron chi connectivity index (χ1n) is 8.97. The maximum Gasteiger partial charge on any atom is 0.258 e. The number of ether oxygens (including phenoxy) is 1. The molecular formula is C22H20FNO3. The molecule has 0 saturated heterocycles. The fourth-order valence-electron chi connectivity index (χ4n) is 3.36. The Morgan fingerprint density at radius 2 is 1.81 bits per heavy atom. The van der Waals surface area contributed by atoms with Gasteiger partial charge >= 0.3 is 0 Å². The van der Waals surface area contributed by atoms with Crippen LogP contribution in [0.4, 0.5) is 4.39 Å². The fraction of sp³-hybridized carbons (Fsp3) is 0.227. The van der Waals surface area contributed by atoms with E-state index in [9.17, 15) is 14.3 Å². The molecule has 138 valence electrons. The number of hydrogen-bond donors (Lipinski definition) is 1. The van der Waals surface area contributed by atoms with Gasteiger partial charge in [-0.05, 0) is 49.1 Å². The normalized spacial score (nSPS) is 15.2. The van der Waals surface area contributed by atoms with Gasteiger partial charge in [0, 0.05) is 17.8 Å². The third kappa shape index (κ3) is 3.51. The standard InChI is InChI=1S/C22H20FNO3/c23-17-8-6-16(7-9-17)15-27-18-10-13-24(21(25)14-18)20-5-2-1-4-19(20)22(26)11-3-12-22/h1-2,4-10,13-14,26H,3,11-12,15H2. The predicted octanol–water partition coefficient (Wildman–Crippen LogP) is 3.93. The number of halogens is 1. The minimum Gasteiger partial charge on any atom is -0.489 e. The minimum absolute atomic E-state index is 0.234. The lowest BCUT2D eigenvalue weighted by atomic mass is 9.74. The fourth-order valence-corrected chi connectivity index (χ4v) is 3.36. The Hall–Kier alpha value is -2.92. The third-order valence-electron chi connectivity index (χ3n) is 5.06. The summed E-state index contributed by atoms with van der Waals surface area (Å²) in [6.07, 6.45) is 4.05. The summed E-state index contributed by atoms with van der Waals surface area (Å²) in [6, 6.07) is 16.6. The first kappa shape index (κ1) is 17.5. The van der Waals surface area contributed by atoms with Gasteiger partial charge < -0.3 is 9.84 Å². The molecule has 0 aliphatic heterocycles. The van der Waals surface area contributed by atoms with Crippen LogP contribution in [0.25, 0.3) is 5.69 Å². The topological polar surface area (TPSA) is 51.5 Å². The number of para-hydroxylation sites is 1. The zero-order valence-corrected chi connectivity index (χ0v) is 14.8. The number of benzene rings is 2. The van der Waals surface area contributed by atoms with E-state index in [0.717, 1.165) is 17.5 Å². The highest BCUT2D eigenvalue weighted by atomic mass is 19.1. The molecule has 0 atom stereocenters. The molecule has 4 nitrogen and oxygen atoms in total. The van der Waals surface area contributed by atoms with Crippen molar-refractivity contribution < 1.29 is 14.2 Å². The smallest absolute Gasteiger partial charge is 0.258 e. The molecule has 5 heteroatoms. The summed E-state index contributed by atoms with van der Waals surface area (Å²) in [5, 5.41) is 10.7. The lowest BCUT2D eigenvalue weighted by molar-refractivity contribution is -0.0387. The van der Waals surface area contributed by atoms with Crippen LogP contribution in [0.5, 0.6) is 5.75 Å². The number of aromatic nitrogens is 1. The molecule has 1 aromatic heterocycles. The molecule has 0 amide bonds. The van der Waals surface area contributed by atoms with Crippen LogP contribution in [0.3, 0.4) is 0 Å². The van der Waals surface area contributed by atoms with E-state index < -0.39 is 5.60 Å². The summed E-state index contributed by atoms with van der Waals surface area (Å²) < 4.78 is 20.1. The molecule has 0 bridgehead atoms. The Morgan fingerprint density at radius 3 is 2.48 bits per heavy atom. The van der Waals surface area contributed by atoms with Gasteiger partial charge in [0.2, 0.25) is 0 Å². The summed E-state index contributed by atoms with van der Waals surface area (Å²) in [6.45, 7) is 0.250. The zero-order chi connectivity index (χ0) is 18.9. The van der Waals surface area contributed by atoms with Gasteiger partial charge in [-0.25, -0.2) is 4.39 Å². The summed E-state index contributed by atoms with van der Waals surface area (Å²) in [5.74, 6) is 0.147. The van der Waals surface area contributed by atoms with Crippen molar-refractivity contribution in [2.75, 3.05) is 0 Å². The van der Waals surface area contributed by atoms with Crippen LogP contribution in [0.1, 0.15) is 30.4 Å². The van der Waals surface area contributed by atoms with Gasteiger partial charge in [0.25, 0.3) is 5.56 Å². The highest BCUT2D eigenvalue weighted by Crippen LogP contribution is 2.43. The Bertz CT molecular complexity index is 1010. The molecule has 1 N–H and O–H groups in total. The van der Waals surface area contributed by atoms with Gasteiger partial charge in [-0.1, -0.05) is 30.3 Å². The Kier molecular flexibility index (Phi) is 4.54. The average molecular weight is 365 g/mol. The lowest BCUT2D eigenvalue weighted by Gasteiger charge is -2.38. The number of aliphatic hydroxyl groups is 1. The first-order valence-corrected chi connectivity index (χ1v) is 8.97. The Morgan fingerprint density at radius 1 is 1.07 bits per heavy atom. The summed E-state index contributed by atoms with van der Waals surface area (Å²) >= 11 is 0. The average Bonchev–Trinajstić information content (AvgIpc) is 2.66. The molecule has 2 aromatic carbocycles. The van der Waals surface area contributed by atoms with Crippen molar-refractivity contribution in [3.05, 3.63) is 94.2 Å². The van der Waals surface area contributed by atoms with Crippen LogP contribution >= 0.6 is 0 Å². The molecule has 3 aromatic rings. The van der Waals surface area contributed by atoms with Crippen LogP contribution in [0.15, 0.2) is 71.7 Å². The van der Waals surface area contributed by atoms with Crippen molar-refractivity contribution in [3.63, 3.8) is 0 Å². The van der Waals surface area contributed by atoms with E-state index in [1.165, 1.54) is 22.8 Å². The van der Waals surface area contributed by atoms with Crippen molar-refractivity contribution in [1.29, 1.82) is 0 Å². The van der Waals surface area contributed by atoms with E-state index in [2.05, 4.69) is 0 Å². The van der Waals surface area contributed by atoms with E-state index in [1.807, 2.05) is 24.3 Å². The Balaban J connectivity index is 1.58. The molecule has 27 heavy (non-hydrogen) atoms. The SMILES string of the molecule is O=c1cc(OCc2ccc(F)cc2)ccn1-c1ccccc1C1(O)CCC1. The van der Waals surface area contributed by atoms with Gasteiger partial charge in [0.05, 0.1) is 11.3 Å². The molecule has 1 heterocycles. The summed E-state index contributed by atoms with van der Waals surface area (Å²) in [5.41, 5.74) is 1.20. The zero-order valence-electron chi connectivity index (χ0n) is 14.8. The molecule has 0 unspecified atom stereocenters. The number of rotatable bonds is 5. The molecule has 1 aliphatic carbocycles. The molecule has 4 rings (SSSR count). The summed E-state index contributed by atoms with van der Waals surface area (Å²) in [4.78, 5) is 12.6. The monoisotopic (exact) mass is 365 g/mol. The van der Waals surface area contributed by atoms with E-state index in [4.69, 9.17) is 4.74 Å².